The highest BCUT2D eigenvalue weighted by Crippen LogP contribution is 2.24. The molecule has 0 aliphatic heterocycles. The summed E-state index contributed by atoms with van der Waals surface area (Å²) in [5.41, 5.74) is 0.667. The zero-order valence-electron chi connectivity index (χ0n) is 8.36. The van der Waals surface area contributed by atoms with Crippen molar-refractivity contribution in [3.05, 3.63) is 28.8 Å². The molecule has 0 spiro atoms. The molecule has 0 amide bonds. The van der Waals surface area contributed by atoms with E-state index >= 15 is 0 Å². The van der Waals surface area contributed by atoms with Crippen molar-refractivity contribution in [1.82, 2.24) is 0 Å². The predicted octanol–water partition coefficient (Wildman–Crippen LogP) is 2.54. The first-order chi connectivity index (χ1) is 6.92. The van der Waals surface area contributed by atoms with Crippen LogP contribution in [0.3, 0.4) is 0 Å². The normalized spacial score (nSPS) is 11.7. The summed E-state index contributed by atoms with van der Waals surface area (Å²) in [6.07, 6.45) is 2.95. The lowest BCUT2D eigenvalue weighted by atomic mass is 10.2. The van der Waals surface area contributed by atoms with Crippen molar-refractivity contribution < 1.29 is 12.6 Å². The molecule has 0 bridgehead atoms. The monoisotopic (exact) mass is 266 g/mol. The van der Waals surface area contributed by atoms with Crippen LogP contribution >= 0.6 is 23.4 Å². The Bertz CT molecular complexity index is 443. The number of rotatable bonds is 4. The number of halogens is 1. The molecule has 0 aliphatic rings. The maximum Gasteiger partial charge on any atom is 0.264 e. The third-order valence-electron chi connectivity index (χ3n) is 1.69. The van der Waals surface area contributed by atoms with Crippen molar-refractivity contribution in [3.63, 3.8) is 0 Å². The Morgan fingerprint density at radius 2 is 2.13 bits per heavy atom. The van der Waals surface area contributed by atoms with Crippen LogP contribution in [0.5, 0.6) is 0 Å². The quantitative estimate of drug-likeness (QED) is 0.621. The summed E-state index contributed by atoms with van der Waals surface area (Å²) in [4.78, 5) is 1.03. The van der Waals surface area contributed by atoms with Gasteiger partial charge in [-0.15, -0.1) is 11.8 Å². The van der Waals surface area contributed by atoms with Gasteiger partial charge in [-0.05, 0) is 24.0 Å². The van der Waals surface area contributed by atoms with E-state index in [1.807, 2.05) is 12.3 Å². The van der Waals surface area contributed by atoms with Crippen LogP contribution in [0, 0.1) is 0 Å². The summed E-state index contributed by atoms with van der Waals surface area (Å²) in [6.45, 7) is -0.0215. The van der Waals surface area contributed by atoms with Gasteiger partial charge >= 0.3 is 0 Å². The van der Waals surface area contributed by atoms with Crippen LogP contribution in [0.1, 0.15) is 5.56 Å². The average molecular weight is 267 g/mol. The molecular formula is C9H11ClO3S2. The molecule has 0 unspecified atom stereocenters. The first-order valence-corrected chi connectivity index (χ1v) is 7.51. The fourth-order valence-electron chi connectivity index (χ4n) is 0.943. The molecule has 6 heteroatoms. The van der Waals surface area contributed by atoms with Gasteiger partial charge < -0.3 is 0 Å². The van der Waals surface area contributed by atoms with Crippen LogP contribution in [0.25, 0.3) is 0 Å². The molecule has 0 fully saturated rings. The lowest BCUT2D eigenvalue weighted by molar-refractivity contribution is 0.311. The third kappa shape index (κ3) is 4.42. The van der Waals surface area contributed by atoms with E-state index in [0.29, 0.717) is 10.6 Å². The van der Waals surface area contributed by atoms with Gasteiger partial charge in [0.15, 0.2) is 0 Å². The maximum atomic E-state index is 10.8. The van der Waals surface area contributed by atoms with Gasteiger partial charge in [0.25, 0.3) is 10.1 Å². The second-order valence-corrected chi connectivity index (χ2v) is 5.85. The van der Waals surface area contributed by atoms with Crippen molar-refractivity contribution >= 4 is 33.5 Å². The van der Waals surface area contributed by atoms with Gasteiger partial charge in [-0.3, -0.25) is 4.18 Å². The smallest absolute Gasteiger partial charge is 0.264 e. The highest BCUT2D eigenvalue weighted by atomic mass is 35.5. The fourth-order valence-corrected chi connectivity index (χ4v) is 2.02. The van der Waals surface area contributed by atoms with Crippen LogP contribution in [-0.4, -0.2) is 20.9 Å². The molecule has 1 aromatic carbocycles. The standard InChI is InChI=1S/C9H11ClO3S2/c1-14-8-4-3-7(9(10)5-8)6-13-15(2,11)12/h3-5H,6H2,1-2H3. The Labute approximate surface area is 98.9 Å². The molecule has 15 heavy (non-hydrogen) atoms. The first-order valence-electron chi connectivity index (χ1n) is 4.09. The van der Waals surface area contributed by atoms with Crippen LogP contribution in [0.4, 0.5) is 0 Å². The summed E-state index contributed by atoms with van der Waals surface area (Å²) in [7, 11) is -3.42. The van der Waals surface area contributed by atoms with Gasteiger partial charge in [-0.2, -0.15) is 8.42 Å². The highest BCUT2D eigenvalue weighted by molar-refractivity contribution is 7.98. The topological polar surface area (TPSA) is 43.4 Å². The lowest BCUT2D eigenvalue weighted by Crippen LogP contribution is -2.02. The summed E-state index contributed by atoms with van der Waals surface area (Å²) in [5.74, 6) is 0. The first kappa shape index (κ1) is 12.8. The van der Waals surface area contributed by atoms with Crippen LogP contribution in [-0.2, 0) is 20.9 Å². The third-order valence-corrected chi connectivity index (χ3v) is 3.31. The van der Waals surface area contributed by atoms with Crippen molar-refractivity contribution in [2.75, 3.05) is 12.5 Å². The van der Waals surface area contributed by atoms with E-state index in [-0.39, 0.29) is 6.61 Å². The van der Waals surface area contributed by atoms with Gasteiger partial charge in [0, 0.05) is 9.92 Å². The molecule has 1 aromatic rings. The molecule has 0 aromatic heterocycles. The summed E-state index contributed by atoms with van der Waals surface area (Å²) < 4.78 is 26.2. The Morgan fingerprint density at radius 1 is 1.47 bits per heavy atom. The molecule has 0 N–H and O–H groups in total. The fraction of sp³-hybridized carbons (Fsp3) is 0.333. The molecule has 0 heterocycles. The van der Waals surface area contributed by atoms with Gasteiger partial charge in [-0.1, -0.05) is 17.7 Å². The van der Waals surface area contributed by atoms with Gasteiger partial charge in [0.1, 0.15) is 0 Å². The summed E-state index contributed by atoms with van der Waals surface area (Å²) in [5, 5.41) is 0.519. The summed E-state index contributed by atoms with van der Waals surface area (Å²) in [6, 6.07) is 5.42. The van der Waals surface area contributed by atoms with E-state index in [1.54, 1.807) is 23.9 Å². The number of benzene rings is 1. The summed E-state index contributed by atoms with van der Waals surface area (Å²) >= 11 is 7.52. The molecule has 3 nitrogen and oxygen atoms in total. The van der Waals surface area contributed by atoms with Gasteiger partial charge in [0.05, 0.1) is 12.9 Å². The molecule has 84 valence electrons. The molecule has 0 atom stereocenters. The lowest BCUT2D eigenvalue weighted by Gasteiger charge is -2.05. The van der Waals surface area contributed by atoms with Crippen molar-refractivity contribution in [1.29, 1.82) is 0 Å². The number of hydrogen-bond acceptors (Lipinski definition) is 4. The van der Waals surface area contributed by atoms with Crippen molar-refractivity contribution in [3.8, 4) is 0 Å². The number of thioether (sulfide) groups is 1. The minimum atomic E-state index is -3.42. The Hall–Kier alpha value is -0.230. The van der Waals surface area contributed by atoms with Crippen molar-refractivity contribution in [2.45, 2.75) is 11.5 Å². The maximum absolute atomic E-state index is 10.8. The van der Waals surface area contributed by atoms with Crippen molar-refractivity contribution in [2.24, 2.45) is 0 Å². The molecule has 1 rings (SSSR count). The van der Waals surface area contributed by atoms with Crippen LogP contribution < -0.4 is 0 Å². The second kappa shape index (κ2) is 5.21. The Balaban J connectivity index is 2.79. The van der Waals surface area contributed by atoms with Gasteiger partial charge in [-0.25, -0.2) is 0 Å². The van der Waals surface area contributed by atoms with E-state index in [1.165, 1.54) is 0 Å². The van der Waals surface area contributed by atoms with E-state index in [9.17, 15) is 8.42 Å². The van der Waals surface area contributed by atoms with E-state index in [0.717, 1.165) is 11.2 Å². The average Bonchev–Trinajstić information content (AvgIpc) is 2.14. The zero-order valence-corrected chi connectivity index (χ0v) is 10.7. The molecule has 0 radical (unpaired) electrons. The minimum absolute atomic E-state index is 0.0215. The second-order valence-electron chi connectivity index (χ2n) is 2.92. The Kier molecular flexibility index (Phi) is 4.45. The molecule has 0 aliphatic carbocycles. The van der Waals surface area contributed by atoms with E-state index in [2.05, 4.69) is 4.18 Å². The van der Waals surface area contributed by atoms with Crippen LogP contribution in [0.15, 0.2) is 23.1 Å². The SMILES string of the molecule is CSc1ccc(COS(C)(=O)=O)c(Cl)c1. The van der Waals surface area contributed by atoms with E-state index < -0.39 is 10.1 Å². The predicted molar refractivity (Wildman–Crippen MR) is 62.9 cm³/mol. The molecule has 0 saturated heterocycles. The number of hydrogen-bond donors (Lipinski definition) is 0. The Morgan fingerprint density at radius 3 is 2.60 bits per heavy atom. The van der Waals surface area contributed by atoms with E-state index in [4.69, 9.17) is 11.6 Å². The van der Waals surface area contributed by atoms with Gasteiger partial charge in [0.2, 0.25) is 0 Å². The highest BCUT2D eigenvalue weighted by Gasteiger charge is 2.06. The van der Waals surface area contributed by atoms with Crippen LogP contribution in [0.2, 0.25) is 5.02 Å². The zero-order chi connectivity index (χ0) is 11.5. The minimum Gasteiger partial charge on any atom is -0.265 e. The molecular weight excluding hydrogens is 256 g/mol. The largest absolute Gasteiger partial charge is 0.265 e. The molecule has 0 saturated carbocycles.